The third kappa shape index (κ3) is 17.4. The van der Waals surface area contributed by atoms with Crippen molar-refractivity contribution in [3.05, 3.63) is 106 Å². The van der Waals surface area contributed by atoms with Gasteiger partial charge in [-0.15, -0.1) is 0 Å². The predicted molar refractivity (Wildman–Crippen MR) is 264 cm³/mol. The number of aryl methyl sites for hydroxylation is 2. The molecule has 0 spiro atoms. The van der Waals surface area contributed by atoms with Gasteiger partial charge in [0.05, 0.1) is 42.9 Å². The number of unbranched alkanes of at least 4 members (excludes halogenated alkanes) is 3. The van der Waals surface area contributed by atoms with Crippen LogP contribution >= 0.6 is 0 Å². The van der Waals surface area contributed by atoms with E-state index in [4.69, 9.17) is 40.9 Å². The van der Waals surface area contributed by atoms with Crippen molar-refractivity contribution >= 4 is 46.9 Å². The molecule has 0 bridgehead atoms. The fraction of sp³-hybridized carbons (Fsp3) is 0.431. The molecule has 0 aliphatic rings. The number of anilines is 3. The van der Waals surface area contributed by atoms with E-state index in [1.54, 1.807) is 57.2 Å². The monoisotopic (exact) mass is 942 g/mol. The molecule has 0 aromatic heterocycles. The zero-order valence-corrected chi connectivity index (χ0v) is 40.4. The van der Waals surface area contributed by atoms with Crippen LogP contribution in [0.1, 0.15) is 128 Å². The van der Waals surface area contributed by atoms with Gasteiger partial charge in [0.25, 0.3) is 11.8 Å². The predicted octanol–water partition coefficient (Wildman–Crippen LogP) is 9.13. The summed E-state index contributed by atoms with van der Waals surface area (Å²) in [6.45, 7) is 12.6. The van der Waals surface area contributed by atoms with Crippen molar-refractivity contribution in [2.45, 2.75) is 105 Å². The molecule has 0 fully saturated rings. The number of aliphatic imine (C=N–C) groups is 1. The van der Waals surface area contributed by atoms with Crippen molar-refractivity contribution in [3.8, 4) is 17.2 Å². The van der Waals surface area contributed by atoms with Crippen molar-refractivity contribution in [3.63, 3.8) is 0 Å². The van der Waals surface area contributed by atoms with E-state index in [9.17, 15) is 23.6 Å². The first-order valence-corrected chi connectivity index (χ1v) is 23.0. The molecular formula is C51H68FN7O9. The van der Waals surface area contributed by atoms with Gasteiger partial charge in [-0.25, -0.2) is 14.0 Å². The number of nitrogens with two attached hydrogens (primary N) is 3. The highest BCUT2D eigenvalue weighted by Gasteiger charge is 2.24. The van der Waals surface area contributed by atoms with Crippen LogP contribution < -0.4 is 47.4 Å². The van der Waals surface area contributed by atoms with Crippen molar-refractivity contribution in [1.29, 1.82) is 0 Å². The van der Waals surface area contributed by atoms with Crippen LogP contribution in [-0.2, 0) is 28.9 Å². The number of nitrogens with one attached hydrogen (secondary N) is 3. The first-order chi connectivity index (χ1) is 32.4. The molecule has 0 saturated heterocycles. The summed E-state index contributed by atoms with van der Waals surface area (Å²) in [6.07, 6.45) is 4.29. The second-order valence-corrected chi connectivity index (χ2v) is 17.6. The van der Waals surface area contributed by atoms with E-state index in [0.29, 0.717) is 92.0 Å². The Hall–Kier alpha value is -6.88. The van der Waals surface area contributed by atoms with Gasteiger partial charge in [0.15, 0.2) is 5.96 Å². The van der Waals surface area contributed by atoms with E-state index in [1.165, 1.54) is 37.4 Å². The highest BCUT2D eigenvalue weighted by atomic mass is 19.1. The number of amides is 3. The number of carbonyl (C=O) groups is 4. The topological polar surface area (TPSA) is 241 Å². The lowest BCUT2D eigenvalue weighted by molar-refractivity contribution is 0.0597. The Balaban J connectivity index is 1.78. The molecule has 368 valence electrons. The van der Waals surface area contributed by atoms with Crippen LogP contribution in [0.25, 0.3) is 0 Å². The van der Waals surface area contributed by atoms with Gasteiger partial charge >= 0.3 is 12.1 Å². The summed E-state index contributed by atoms with van der Waals surface area (Å²) in [5.41, 5.74) is 19.8. The fourth-order valence-corrected chi connectivity index (χ4v) is 6.71. The summed E-state index contributed by atoms with van der Waals surface area (Å²) in [5, 5.41) is 8.83. The lowest BCUT2D eigenvalue weighted by Crippen LogP contribution is -2.27. The van der Waals surface area contributed by atoms with Gasteiger partial charge in [0.1, 0.15) is 35.3 Å². The van der Waals surface area contributed by atoms with Crippen molar-refractivity contribution in [1.82, 2.24) is 0 Å². The van der Waals surface area contributed by atoms with Crippen LogP contribution in [0.5, 0.6) is 17.2 Å². The van der Waals surface area contributed by atoms with Crippen molar-refractivity contribution in [2.75, 3.05) is 49.4 Å². The number of esters is 1. The number of carbonyl (C=O) groups excluding carboxylic acids is 4. The molecule has 17 heteroatoms. The van der Waals surface area contributed by atoms with Crippen LogP contribution in [0.15, 0.2) is 71.7 Å². The van der Waals surface area contributed by atoms with E-state index in [1.807, 2.05) is 20.8 Å². The minimum absolute atomic E-state index is 0.000933. The second-order valence-electron chi connectivity index (χ2n) is 17.6. The largest absolute Gasteiger partial charge is 0.491 e. The Morgan fingerprint density at radius 3 is 1.93 bits per heavy atom. The first-order valence-electron chi connectivity index (χ1n) is 23.0. The third-order valence-corrected chi connectivity index (χ3v) is 10.1. The van der Waals surface area contributed by atoms with Gasteiger partial charge in [-0.05, 0) is 149 Å². The second kappa shape index (κ2) is 26.5. The molecule has 0 saturated carbocycles. The Morgan fingerprint density at radius 2 is 1.32 bits per heavy atom. The number of rotatable bonds is 25. The zero-order valence-electron chi connectivity index (χ0n) is 40.4. The maximum Gasteiger partial charge on any atom is 0.412 e. The average molecular weight is 942 g/mol. The number of hydrogen-bond donors (Lipinski definition) is 6. The standard InChI is InChI=1S/C51H68FN7O9/c1-8-9-24-65-42-29-38(48(62)64-7)26-35(15-11-13-23-56-49(54)55)44(42)59-47(61)37-25-34(14-10-12-22-53)45(43(28-37)66-30-32(2)3)58-46(60)36-18-21-40(57-50(63)68-51(4,5)6)41(27-36)67-31-33-16-19-39(52)20-17-33/h16-21,25-29,32H,8-15,22-24,30-31,53H2,1-7H3,(H,57,63)(H,58,60)(H,59,61)(H4,54,55,56). The summed E-state index contributed by atoms with van der Waals surface area (Å²) in [5.74, 6) is -1.18. The minimum atomic E-state index is -0.783. The van der Waals surface area contributed by atoms with Crippen LogP contribution in [0, 0.1) is 11.7 Å². The van der Waals surface area contributed by atoms with Crippen molar-refractivity contribution in [2.24, 2.45) is 28.1 Å². The molecule has 4 aromatic rings. The van der Waals surface area contributed by atoms with Gasteiger partial charge in [-0.3, -0.25) is 19.9 Å². The molecule has 0 aliphatic carbocycles. The molecule has 16 nitrogen and oxygen atoms in total. The molecule has 0 unspecified atom stereocenters. The highest BCUT2D eigenvalue weighted by Crippen LogP contribution is 2.37. The first kappa shape index (κ1) is 53.7. The van der Waals surface area contributed by atoms with Gasteiger partial charge in [0.2, 0.25) is 0 Å². The Bertz CT molecular complexity index is 2360. The zero-order chi connectivity index (χ0) is 49.8. The van der Waals surface area contributed by atoms with Crippen molar-refractivity contribution < 1.29 is 47.3 Å². The number of guanidine groups is 1. The Labute approximate surface area is 398 Å². The van der Waals surface area contributed by atoms with Crippen LogP contribution in [0.4, 0.5) is 26.2 Å². The molecular weight excluding hydrogens is 874 g/mol. The number of hydrogen-bond acceptors (Lipinski definition) is 11. The molecule has 0 radical (unpaired) electrons. The van der Waals surface area contributed by atoms with E-state index in [0.717, 1.165) is 12.8 Å². The highest BCUT2D eigenvalue weighted by molar-refractivity contribution is 6.09. The van der Waals surface area contributed by atoms with E-state index in [-0.39, 0.29) is 59.0 Å². The maximum absolute atomic E-state index is 14.6. The molecule has 4 rings (SSSR count). The molecule has 0 aliphatic heterocycles. The van der Waals surface area contributed by atoms with Crippen LogP contribution in [0.2, 0.25) is 0 Å². The number of benzene rings is 4. The number of nitrogens with zero attached hydrogens (tertiary/aromatic N) is 1. The fourth-order valence-electron chi connectivity index (χ4n) is 6.71. The number of methoxy groups -OCH3 is 1. The molecule has 0 atom stereocenters. The van der Waals surface area contributed by atoms with Gasteiger partial charge in [-0.2, -0.15) is 0 Å². The third-order valence-electron chi connectivity index (χ3n) is 10.1. The molecule has 4 aromatic carbocycles. The Morgan fingerprint density at radius 1 is 0.721 bits per heavy atom. The van der Waals surface area contributed by atoms with Gasteiger partial charge in [-0.1, -0.05) is 39.3 Å². The summed E-state index contributed by atoms with van der Waals surface area (Å²) in [7, 11) is 1.30. The summed E-state index contributed by atoms with van der Waals surface area (Å²) in [6, 6.07) is 16.8. The quantitative estimate of drug-likeness (QED) is 0.0158. The lowest BCUT2D eigenvalue weighted by Gasteiger charge is -2.22. The lowest BCUT2D eigenvalue weighted by atomic mass is 9.99. The molecule has 3 amide bonds. The molecule has 9 N–H and O–H groups in total. The summed E-state index contributed by atoms with van der Waals surface area (Å²) < 4.78 is 42.9. The summed E-state index contributed by atoms with van der Waals surface area (Å²) in [4.78, 5) is 58.7. The normalized spacial score (nSPS) is 11.1. The van der Waals surface area contributed by atoms with Crippen LogP contribution in [-0.4, -0.2) is 68.9 Å². The smallest absolute Gasteiger partial charge is 0.412 e. The average Bonchev–Trinajstić information content (AvgIpc) is 3.28. The van der Waals surface area contributed by atoms with Gasteiger partial charge in [0, 0.05) is 17.7 Å². The number of ether oxygens (including phenoxy) is 5. The number of halogens is 1. The van der Waals surface area contributed by atoms with E-state index in [2.05, 4.69) is 20.9 Å². The van der Waals surface area contributed by atoms with E-state index < -0.39 is 35.3 Å². The SMILES string of the molecule is CCCCOc1cc(C(=O)OC)cc(CCCCN=C(N)N)c1NC(=O)c1cc(CCCCN)c(NC(=O)c2ccc(NC(=O)OC(C)(C)C)c(OCc3ccc(F)cc3)c2)c(OCC(C)C)c1. The van der Waals surface area contributed by atoms with E-state index >= 15 is 0 Å². The Kier molecular flexibility index (Phi) is 20.9. The van der Waals surface area contributed by atoms with Crippen LogP contribution in [0.3, 0.4) is 0 Å². The molecule has 0 heterocycles. The summed E-state index contributed by atoms with van der Waals surface area (Å²) >= 11 is 0. The maximum atomic E-state index is 14.6. The molecule has 68 heavy (non-hydrogen) atoms. The minimum Gasteiger partial charge on any atom is -0.491 e. The van der Waals surface area contributed by atoms with Gasteiger partial charge < -0.3 is 51.5 Å².